The second-order valence-corrected chi connectivity index (χ2v) is 15.2. The van der Waals surface area contributed by atoms with Gasteiger partial charge in [0.1, 0.15) is 12.1 Å². The first kappa shape index (κ1) is 49.5. The van der Waals surface area contributed by atoms with Crippen LogP contribution in [-0.2, 0) is 32.7 Å². The number of carbonyl (C=O) groups is 2. The smallest absolute Gasteiger partial charge is 0.472 e. The summed E-state index contributed by atoms with van der Waals surface area (Å²) in [6, 6.07) is -1.47. The van der Waals surface area contributed by atoms with Crippen molar-refractivity contribution in [3.63, 3.8) is 0 Å². The number of carbonyl (C=O) groups excluding carboxylic acids is 1. The van der Waals surface area contributed by atoms with Crippen LogP contribution in [0.25, 0.3) is 0 Å². The van der Waals surface area contributed by atoms with Crippen LogP contribution >= 0.6 is 7.82 Å². The Balaban J connectivity index is 4.25. The number of unbranched alkanes of at least 4 members (excludes halogenated alkanes) is 21. The molecule has 0 aliphatic heterocycles. The molecule has 10 nitrogen and oxygen atoms in total. The Bertz CT molecular complexity index is 914. The van der Waals surface area contributed by atoms with Gasteiger partial charge >= 0.3 is 19.8 Å². The Labute approximate surface area is 311 Å². The van der Waals surface area contributed by atoms with Crippen LogP contribution in [0.5, 0.6) is 0 Å². The Morgan fingerprint density at radius 1 is 0.627 bits per heavy atom. The molecule has 300 valence electrons. The molecule has 3 atom stereocenters. The van der Waals surface area contributed by atoms with E-state index in [1.165, 1.54) is 103 Å². The standard InChI is InChI=1S/C40H76NO9P/c1-3-5-7-9-11-13-15-16-17-18-19-20-21-22-24-26-28-30-32-39(42)50-37(35-48-51(45,46)49-36-38(41)40(43)44)34-47-33-31-29-27-25-23-14-12-10-8-6-4-2/h13,15,17-18,37-38H,3-12,14,16,19-36,41H2,1-2H3,(H,43,44)(H,45,46)/b15-13-,18-17-. The normalized spacial score (nSPS) is 14.3. The molecule has 0 bridgehead atoms. The Kier molecular flexibility index (Phi) is 35.7. The molecule has 0 aromatic carbocycles. The quantitative estimate of drug-likeness (QED) is 0.0240. The number of phosphoric acid groups is 1. The molecular formula is C40H76NO9P. The highest BCUT2D eigenvalue weighted by atomic mass is 31.2. The lowest BCUT2D eigenvalue weighted by Gasteiger charge is -2.20. The van der Waals surface area contributed by atoms with E-state index in [2.05, 4.69) is 38.2 Å². The number of carboxylic acids is 1. The number of carboxylic acid groups (broad SMARTS) is 1. The van der Waals surface area contributed by atoms with Gasteiger partial charge in [0.2, 0.25) is 0 Å². The number of hydrogen-bond donors (Lipinski definition) is 3. The first-order chi connectivity index (χ1) is 24.7. The second-order valence-electron chi connectivity index (χ2n) is 13.8. The van der Waals surface area contributed by atoms with Gasteiger partial charge in [0.15, 0.2) is 0 Å². The molecule has 3 unspecified atom stereocenters. The third kappa shape index (κ3) is 36.6. The van der Waals surface area contributed by atoms with E-state index in [-0.39, 0.29) is 13.0 Å². The van der Waals surface area contributed by atoms with Crippen LogP contribution in [0.3, 0.4) is 0 Å². The molecule has 0 aromatic rings. The zero-order valence-corrected chi connectivity index (χ0v) is 33.3. The minimum atomic E-state index is -4.61. The van der Waals surface area contributed by atoms with Gasteiger partial charge in [-0.15, -0.1) is 0 Å². The molecule has 0 heterocycles. The number of rotatable bonds is 39. The van der Waals surface area contributed by atoms with E-state index in [9.17, 15) is 19.0 Å². The fourth-order valence-corrected chi connectivity index (χ4v) is 6.29. The lowest BCUT2D eigenvalue weighted by molar-refractivity contribution is -0.154. The number of allylic oxidation sites excluding steroid dienone is 4. The van der Waals surface area contributed by atoms with E-state index in [0.717, 1.165) is 51.4 Å². The fraction of sp³-hybridized carbons (Fsp3) is 0.850. The van der Waals surface area contributed by atoms with E-state index < -0.39 is 45.1 Å². The Morgan fingerprint density at radius 2 is 1.08 bits per heavy atom. The third-order valence-electron chi connectivity index (χ3n) is 8.73. The lowest BCUT2D eigenvalue weighted by Crippen LogP contribution is -2.34. The van der Waals surface area contributed by atoms with Crippen molar-refractivity contribution in [2.75, 3.05) is 26.4 Å². The number of nitrogens with two attached hydrogens (primary N) is 1. The maximum absolute atomic E-state index is 12.6. The van der Waals surface area contributed by atoms with Crippen LogP contribution < -0.4 is 5.73 Å². The maximum atomic E-state index is 12.6. The van der Waals surface area contributed by atoms with Crippen molar-refractivity contribution in [1.29, 1.82) is 0 Å². The minimum absolute atomic E-state index is 0.0170. The van der Waals surface area contributed by atoms with Crippen LogP contribution in [-0.4, -0.2) is 60.5 Å². The summed E-state index contributed by atoms with van der Waals surface area (Å²) in [6.07, 6.45) is 37.9. The zero-order valence-electron chi connectivity index (χ0n) is 32.5. The van der Waals surface area contributed by atoms with Crippen molar-refractivity contribution in [1.82, 2.24) is 0 Å². The summed E-state index contributed by atoms with van der Waals surface area (Å²) in [5, 5.41) is 8.87. The molecule has 0 rings (SSSR count). The summed E-state index contributed by atoms with van der Waals surface area (Å²) in [4.78, 5) is 33.4. The topological polar surface area (TPSA) is 155 Å². The van der Waals surface area contributed by atoms with Gasteiger partial charge in [0.05, 0.1) is 19.8 Å². The SMILES string of the molecule is CCCCCC/C=C\C/C=C\CCCCCCCCCC(=O)OC(COCCCCCCCCCCCCC)COP(=O)(O)OCC(N)C(=O)O. The average molecular weight is 746 g/mol. The summed E-state index contributed by atoms with van der Waals surface area (Å²) in [6.45, 7) is 3.85. The van der Waals surface area contributed by atoms with Gasteiger partial charge in [0, 0.05) is 13.0 Å². The van der Waals surface area contributed by atoms with Crippen LogP contribution in [0.2, 0.25) is 0 Å². The van der Waals surface area contributed by atoms with Crippen LogP contribution in [0.15, 0.2) is 24.3 Å². The maximum Gasteiger partial charge on any atom is 0.472 e. The molecular weight excluding hydrogens is 669 g/mol. The largest absolute Gasteiger partial charge is 0.480 e. The summed E-state index contributed by atoms with van der Waals surface area (Å²) in [5.41, 5.74) is 5.34. The molecule has 11 heteroatoms. The molecule has 0 aliphatic carbocycles. The molecule has 0 amide bonds. The second kappa shape index (κ2) is 36.8. The Morgan fingerprint density at radius 3 is 1.61 bits per heavy atom. The van der Waals surface area contributed by atoms with Gasteiger partial charge in [-0.3, -0.25) is 18.6 Å². The number of esters is 1. The van der Waals surface area contributed by atoms with Crippen LogP contribution in [0.4, 0.5) is 0 Å². The Hall–Kier alpha value is -1.55. The first-order valence-corrected chi connectivity index (χ1v) is 21.9. The van der Waals surface area contributed by atoms with E-state index in [1.807, 2.05) is 0 Å². The van der Waals surface area contributed by atoms with E-state index in [4.69, 9.17) is 29.4 Å². The molecule has 4 N–H and O–H groups in total. The van der Waals surface area contributed by atoms with Crippen LogP contribution in [0.1, 0.15) is 181 Å². The highest BCUT2D eigenvalue weighted by Gasteiger charge is 2.27. The van der Waals surface area contributed by atoms with Gasteiger partial charge < -0.3 is 25.2 Å². The van der Waals surface area contributed by atoms with Crippen LogP contribution in [0, 0.1) is 0 Å². The molecule has 0 fully saturated rings. The van der Waals surface area contributed by atoms with Crippen molar-refractivity contribution in [3.05, 3.63) is 24.3 Å². The highest BCUT2D eigenvalue weighted by molar-refractivity contribution is 7.47. The number of ether oxygens (including phenoxy) is 2. The summed E-state index contributed by atoms with van der Waals surface area (Å²) >= 11 is 0. The molecule has 51 heavy (non-hydrogen) atoms. The van der Waals surface area contributed by atoms with Crippen molar-refractivity contribution in [2.45, 2.75) is 193 Å². The summed E-state index contributed by atoms with van der Waals surface area (Å²) < 4.78 is 33.2. The van der Waals surface area contributed by atoms with Crippen molar-refractivity contribution in [2.24, 2.45) is 5.73 Å². The van der Waals surface area contributed by atoms with E-state index >= 15 is 0 Å². The summed E-state index contributed by atoms with van der Waals surface area (Å²) in [5.74, 6) is -1.78. The molecule has 0 radical (unpaired) electrons. The fourth-order valence-electron chi connectivity index (χ4n) is 5.52. The monoisotopic (exact) mass is 746 g/mol. The molecule has 0 saturated heterocycles. The first-order valence-electron chi connectivity index (χ1n) is 20.4. The summed E-state index contributed by atoms with van der Waals surface area (Å²) in [7, 11) is -4.61. The van der Waals surface area contributed by atoms with E-state index in [0.29, 0.717) is 13.0 Å². The molecule has 0 aliphatic rings. The predicted octanol–water partition coefficient (Wildman–Crippen LogP) is 10.8. The van der Waals surface area contributed by atoms with Gasteiger partial charge in [-0.1, -0.05) is 154 Å². The zero-order chi connectivity index (χ0) is 37.7. The van der Waals surface area contributed by atoms with E-state index in [1.54, 1.807) is 0 Å². The van der Waals surface area contributed by atoms with Crippen molar-refractivity contribution < 1.29 is 42.7 Å². The van der Waals surface area contributed by atoms with Gasteiger partial charge in [-0.05, 0) is 44.9 Å². The number of hydrogen-bond acceptors (Lipinski definition) is 8. The van der Waals surface area contributed by atoms with Gasteiger partial charge in [-0.25, -0.2) is 4.57 Å². The van der Waals surface area contributed by atoms with Gasteiger partial charge in [0.25, 0.3) is 0 Å². The molecule has 0 saturated carbocycles. The average Bonchev–Trinajstić information content (AvgIpc) is 3.10. The molecule has 0 spiro atoms. The lowest BCUT2D eigenvalue weighted by atomic mass is 10.1. The van der Waals surface area contributed by atoms with Crippen molar-refractivity contribution >= 4 is 19.8 Å². The molecule has 0 aromatic heterocycles. The van der Waals surface area contributed by atoms with Gasteiger partial charge in [-0.2, -0.15) is 0 Å². The number of aliphatic carboxylic acids is 1. The number of phosphoric ester groups is 1. The third-order valence-corrected chi connectivity index (χ3v) is 9.68. The van der Waals surface area contributed by atoms with Crippen molar-refractivity contribution in [3.8, 4) is 0 Å². The highest BCUT2D eigenvalue weighted by Crippen LogP contribution is 2.43. The minimum Gasteiger partial charge on any atom is -0.480 e. The predicted molar refractivity (Wildman–Crippen MR) is 208 cm³/mol.